The number of anilines is 1. The zero-order valence-electron chi connectivity index (χ0n) is 13.2. The molecule has 0 saturated carbocycles. The van der Waals surface area contributed by atoms with Gasteiger partial charge in [-0.15, -0.1) is 11.3 Å². The van der Waals surface area contributed by atoms with Crippen LogP contribution in [0.5, 0.6) is 0 Å². The predicted molar refractivity (Wildman–Crippen MR) is 95.9 cm³/mol. The van der Waals surface area contributed by atoms with Gasteiger partial charge in [-0.1, -0.05) is 36.4 Å². The van der Waals surface area contributed by atoms with Crippen LogP contribution in [0.25, 0.3) is 6.08 Å². The van der Waals surface area contributed by atoms with Gasteiger partial charge in [-0.3, -0.25) is 4.79 Å². The minimum absolute atomic E-state index is 0.0731. The van der Waals surface area contributed by atoms with E-state index in [1.165, 1.54) is 23.3 Å². The summed E-state index contributed by atoms with van der Waals surface area (Å²) < 4.78 is 0. The van der Waals surface area contributed by atoms with Gasteiger partial charge >= 0.3 is 0 Å². The van der Waals surface area contributed by atoms with Crippen LogP contribution in [0.3, 0.4) is 0 Å². The van der Waals surface area contributed by atoms with E-state index < -0.39 is 0 Å². The number of thiophene rings is 1. The zero-order chi connectivity index (χ0) is 15.8. The highest BCUT2D eigenvalue weighted by molar-refractivity contribution is 7.16. The number of rotatable bonds is 2. The van der Waals surface area contributed by atoms with Crippen molar-refractivity contribution in [1.82, 2.24) is 5.32 Å². The number of hydrogen-bond donors (Lipinski definition) is 2. The molecule has 1 aliphatic heterocycles. The van der Waals surface area contributed by atoms with Gasteiger partial charge in [-0.25, -0.2) is 0 Å². The monoisotopic (exact) mass is 324 g/mol. The summed E-state index contributed by atoms with van der Waals surface area (Å²) in [5.74, 6) is 0.0731. The summed E-state index contributed by atoms with van der Waals surface area (Å²) in [4.78, 5) is 14.0. The van der Waals surface area contributed by atoms with E-state index in [1.54, 1.807) is 11.3 Å². The van der Waals surface area contributed by atoms with Gasteiger partial charge in [0.15, 0.2) is 0 Å². The maximum Gasteiger partial charge on any atom is 0.256 e. The summed E-state index contributed by atoms with van der Waals surface area (Å²) in [6, 6.07) is 10.2. The first kappa shape index (κ1) is 14.5. The van der Waals surface area contributed by atoms with E-state index in [2.05, 4.69) is 35.8 Å². The Balaban J connectivity index is 1.63. The Morgan fingerprint density at radius 1 is 1.17 bits per heavy atom. The highest BCUT2D eigenvalue weighted by Crippen LogP contribution is 2.40. The Bertz CT molecular complexity index is 776. The number of hydrogen-bond acceptors (Lipinski definition) is 3. The van der Waals surface area contributed by atoms with Crippen molar-refractivity contribution in [2.24, 2.45) is 0 Å². The molecule has 0 radical (unpaired) electrons. The number of fused-ring (bicyclic) bond motifs is 3. The lowest BCUT2D eigenvalue weighted by Gasteiger charge is -2.27. The highest BCUT2D eigenvalue weighted by atomic mass is 32.1. The van der Waals surface area contributed by atoms with Crippen molar-refractivity contribution in [3.05, 3.63) is 57.5 Å². The summed E-state index contributed by atoms with van der Waals surface area (Å²) >= 11 is 1.77. The lowest BCUT2D eigenvalue weighted by Crippen LogP contribution is -2.45. The van der Waals surface area contributed by atoms with Gasteiger partial charge in [0.2, 0.25) is 0 Å². The summed E-state index contributed by atoms with van der Waals surface area (Å²) in [6.45, 7) is 2.06. The summed E-state index contributed by atoms with van der Waals surface area (Å²) in [6.07, 6.45) is 6.58. The molecule has 1 amide bonds. The van der Waals surface area contributed by atoms with Crippen molar-refractivity contribution in [2.45, 2.75) is 38.8 Å². The van der Waals surface area contributed by atoms with Gasteiger partial charge in [0.25, 0.3) is 5.91 Å². The largest absolute Gasteiger partial charge is 0.353 e. The van der Waals surface area contributed by atoms with Crippen LogP contribution >= 0.6 is 11.3 Å². The fourth-order valence-corrected chi connectivity index (χ4v) is 4.72. The SMILES string of the molecule is C/C(=C\c1ccccc1)[C@@H]1NC(=O)c2c(sc3c2CCCC3)N1. The zero-order valence-corrected chi connectivity index (χ0v) is 14.0. The highest BCUT2D eigenvalue weighted by Gasteiger charge is 2.31. The van der Waals surface area contributed by atoms with E-state index in [-0.39, 0.29) is 12.1 Å². The number of amides is 1. The van der Waals surface area contributed by atoms with Gasteiger partial charge in [0.1, 0.15) is 11.2 Å². The standard InChI is InChI=1S/C19H20N2OS/c1-12(11-13-7-3-2-4-8-13)17-20-18(22)16-14-9-5-6-10-15(14)23-19(16)21-17/h2-4,7-8,11,17,21H,5-6,9-10H2,1H3,(H,20,22)/b12-11+/t17-/m1/s1. The third-order valence-electron chi connectivity index (χ3n) is 4.60. The molecule has 1 atom stereocenters. The summed E-state index contributed by atoms with van der Waals surface area (Å²) in [5.41, 5.74) is 4.44. The first-order valence-corrected chi connectivity index (χ1v) is 8.99. The Hall–Kier alpha value is -2.07. The number of benzene rings is 1. The Labute approximate surface area is 140 Å². The topological polar surface area (TPSA) is 41.1 Å². The summed E-state index contributed by atoms with van der Waals surface area (Å²) in [7, 11) is 0. The average Bonchev–Trinajstić information content (AvgIpc) is 2.94. The van der Waals surface area contributed by atoms with Crippen LogP contribution in [0, 0.1) is 0 Å². The predicted octanol–water partition coefficient (Wildman–Crippen LogP) is 4.21. The molecule has 3 nitrogen and oxygen atoms in total. The Morgan fingerprint density at radius 2 is 1.96 bits per heavy atom. The molecule has 0 bridgehead atoms. The third kappa shape index (κ3) is 2.68. The molecular formula is C19H20N2OS. The van der Waals surface area contributed by atoms with Gasteiger partial charge in [-0.05, 0) is 49.3 Å². The quantitative estimate of drug-likeness (QED) is 0.869. The van der Waals surface area contributed by atoms with Crippen LogP contribution in [-0.2, 0) is 12.8 Å². The molecule has 23 heavy (non-hydrogen) atoms. The fraction of sp³-hybridized carbons (Fsp3) is 0.316. The molecule has 118 valence electrons. The van der Waals surface area contributed by atoms with E-state index >= 15 is 0 Å². The second kappa shape index (κ2) is 5.85. The van der Waals surface area contributed by atoms with Crippen molar-refractivity contribution >= 4 is 28.3 Å². The first-order chi connectivity index (χ1) is 11.2. The van der Waals surface area contributed by atoms with Gasteiger partial charge < -0.3 is 10.6 Å². The van der Waals surface area contributed by atoms with Crippen LogP contribution in [0.2, 0.25) is 0 Å². The molecule has 0 spiro atoms. The number of carbonyl (C=O) groups is 1. The molecular weight excluding hydrogens is 304 g/mol. The van der Waals surface area contributed by atoms with Gasteiger partial charge in [0, 0.05) is 4.88 Å². The molecule has 0 unspecified atom stereocenters. The normalized spacial score (nSPS) is 20.3. The van der Waals surface area contributed by atoms with Crippen LogP contribution in [0.1, 0.15) is 46.1 Å². The molecule has 0 fully saturated rings. The van der Waals surface area contributed by atoms with Crippen molar-refractivity contribution in [2.75, 3.05) is 5.32 Å². The van der Waals surface area contributed by atoms with Crippen molar-refractivity contribution < 1.29 is 4.79 Å². The summed E-state index contributed by atoms with van der Waals surface area (Å²) in [5, 5.41) is 7.69. The Morgan fingerprint density at radius 3 is 2.78 bits per heavy atom. The molecule has 4 rings (SSSR count). The van der Waals surface area contributed by atoms with Gasteiger partial charge in [0.05, 0.1) is 5.56 Å². The molecule has 1 aliphatic carbocycles. The van der Waals surface area contributed by atoms with Crippen LogP contribution in [0.4, 0.5) is 5.00 Å². The van der Waals surface area contributed by atoms with Crippen molar-refractivity contribution in [3.8, 4) is 0 Å². The fourth-order valence-electron chi connectivity index (χ4n) is 3.40. The lowest BCUT2D eigenvalue weighted by atomic mass is 9.94. The average molecular weight is 324 g/mol. The maximum absolute atomic E-state index is 12.6. The number of nitrogens with one attached hydrogen (secondary N) is 2. The van der Waals surface area contributed by atoms with E-state index in [1.807, 2.05) is 18.2 Å². The first-order valence-electron chi connectivity index (χ1n) is 8.17. The molecule has 1 aromatic heterocycles. The van der Waals surface area contributed by atoms with E-state index in [4.69, 9.17) is 0 Å². The van der Waals surface area contributed by atoms with Crippen LogP contribution in [-0.4, -0.2) is 12.1 Å². The maximum atomic E-state index is 12.6. The molecule has 4 heteroatoms. The molecule has 0 saturated heterocycles. The van der Waals surface area contributed by atoms with Crippen molar-refractivity contribution in [1.29, 1.82) is 0 Å². The Kier molecular flexibility index (Phi) is 3.69. The molecule has 1 aromatic carbocycles. The van der Waals surface area contributed by atoms with Crippen molar-refractivity contribution in [3.63, 3.8) is 0 Å². The van der Waals surface area contributed by atoms with Crippen LogP contribution in [0.15, 0.2) is 35.9 Å². The minimum atomic E-state index is -0.129. The third-order valence-corrected chi connectivity index (χ3v) is 5.82. The van der Waals surface area contributed by atoms with E-state index in [0.29, 0.717) is 0 Å². The van der Waals surface area contributed by atoms with E-state index in [9.17, 15) is 4.79 Å². The molecule has 2 N–H and O–H groups in total. The van der Waals surface area contributed by atoms with Gasteiger partial charge in [-0.2, -0.15) is 0 Å². The smallest absolute Gasteiger partial charge is 0.256 e. The van der Waals surface area contributed by atoms with Crippen LogP contribution < -0.4 is 10.6 Å². The second-order valence-electron chi connectivity index (χ2n) is 6.26. The van der Waals surface area contributed by atoms with E-state index in [0.717, 1.165) is 34.5 Å². The lowest BCUT2D eigenvalue weighted by molar-refractivity contribution is 0.0941. The second-order valence-corrected chi connectivity index (χ2v) is 7.37. The molecule has 2 heterocycles. The number of carbonyl (C=O) groups excluding carboxylic acids is 1. The minimum Gasteiger partial charge on any atom is -0.353 e. The molecule has 2 aromatic rings. The number of aryl methyl sites for hydroxylation is 1. The molecule has 2 aliphatic rings.